The second kappa shape index (κ2) is 3.97. The first-order valence-corrected chi connectivity index (χ1v) is 7.04. The predicted molar refractivity (Wildman–Crippen MR) is 65.7 cm³/mol. The van der Waals surface area contributed by atoms with Gasteiger partial charge in [-0.05, 0) is 42.9 Å². The normalized spacial score (nSPS) is 43.1. The Kier molecular flexibility index (Phi) is 2.65. The molecule has 4 heteroatoms. The Hall–Kier alpha value is -1.06. The maximum absolute atomic E-state index is 12.0. The summed E-state index contributed by atoms with van der Waals surface area (Å²) < 4.78 is 0. The number of nitrogens with one attached hydrogen (secondary N) is 1. The third-order valence-electron chi connectivity index (χ3n) is 5.60. The minimum atomic E-state index is -0.895. The molecule has 0 aromatic carbocycles. The molecule has 1 amide bonds. The van der Waals surface area contributed by atoms with Crippen LogP contribution in [0.2, 0.25) is 0 Å². The fourth-order valence-electron chi connectivity index (χ4n) is 4.26. The average Bonchev–Trinajstić information content (AvgIpc) is 2.75. The smallest absolute Gasteiger partial charge is 0.307 e. The average molecular weight is 251 g/mol. The SMILES string of the molecule is CC(C(=O)O)C(C)C(=O)NC1C2C3CCC(C3)C12. The number of hydrogen-bond acceptors (Lipinski definition) is 2. The third-order valence-corrected chi connectivity index (χ3v) is 5.60. The number of fused-ring (bicyclic) bond motifs is 5. The zero-order valence-electron chi connectivity index (χ0n) is 10.9. The molecule has 0 spiro atoms. The van der Waals surface area contributed by atoms with E-state index in [0.717, 1.165) is 11.8 Å². The first-order valence-electron chi connectivity index (χ1n) is 7.04. The maximum atomic E-state index is 12.0. The summed E-state index contributed by atoms with van der Waals surface area (Å²) in [4.78, 5) is 22.9. The second-order valence-corrected chi connectivity index (χ2v) is 6.44. The van der Waals surface area contributed by atoms with Gasteiger partial charge in [0.05, 0.1) is 5.92 Å². The lowest BCUT2D eigenvalue weighted by atomic mass is 9.95. The van der Waals surface area contributed by atoms with Crippen molar-refractivity contribution in [2.75, 3.05) is 0 Å². The predicted octanol–water partition coefficient (Wildman–Crippen LogP) is 1.50. The van der Waals surface area contributed by atoms with Gasteiger partial charge in [-0.3, -0.25) is 9.59 Å². The van der Waals surface area contributed by atoms with Gasteiger partial charge < -0.3 is 10.4 Å². The van der Waals surface area contributed by atoms with Crippen LogP contribution in [0.15, 0.2) is 0 Å². The number of carboxylic acid groups (broad SMARTS) is 1. The number of hydrogen-bond donors (Lipinski definition) is 2. The number of carboxylic acids is 1. The topological polar surface area (TPSA) is 66.4 Å². The molecule has 2 N–H and O–H groups in total. The molecule has 0 saturated heterocycles. The van der Waals surface area contributed by atoms with Crippen molar-refractivity contribution >= 4 is 11.9 Å². The zero-order chi connectivity index (χ0) is 13.0. The Morgan fingerprint density at radius 2 is 1.67 bits per heavy atom. The van der Waals surface area contributed by atoms with Gasteiger partial charge in [0.2, 0.25) is 5.91 Å². The van der Waals surface area contributed by atoms with Gasteiger partial charge in [-0.1, -0.05) is 13.8 Å². The van der Waals surface area contributed by atoms with Crippen molar-refractivity contribution in [1.29, 1.82) is 0 Å². The molecular formula is C14H21NO3. The summed E-state index contributed by atoms with van der Waals surface area (Å²) in [5.41, 5.74) is 0. The lowest BCUT2D eigenvalue weighted by Crippen LogP contribution is -2.38. The minimum Gasteiger partial charge on any atom is -0.481 e. The summed E-state index contributed by atoms with van der Waals surface area (Å²) >= 11 is 0. The molecule has 3 saturated carbocycles. The second-order valence-electron chi connectivity index (χ2n) is 6.44. The highest BCUT2D eigenvalue weighted by molar-refractivity contribution is 5.84. The molecule has 3 aliphatic rings. The van der Waals surface area contributed by atoms with E-state index in [2.05, 4.69) is 5.32 Å². The molecular weight excluding hydrogens is 230 g/mol. The largest absolute Gasteiger partial charge is 0.481 e. The van der Waals surface area contributed by atoms with Gasteiger partial charge in [0.15, 0.2) is 0 Å². The van der Waals surface area contributed by atoms with Crippen LogP contribution < -0.4 is 5.32 Å². The Balaban J connectivity index is 1.56. The number of carbonyl (C=O) groups excluding carboxylic acids is 1. The van der Waals surface area contributed by atoms with Crippen LogP contribution in [0.25, 0.3) is 0 Å². The molecule has 3 rings (SSSR count). The third kappa shape index (κ3) is 1.65. The summed E-state index contributed by atoms with van der Waals surface area (Å²) in [6.45, 7) is 3.31. The van der Waals surface area contributed by atoms with Gasteiger partial charge in [-0.2, -0.15) is 0 Å². The lowest BCUT2D eigenvalue weighted by Gasteiger charge is -2.17. The van der Waals surface area contributed by atoms with Crippen molar-refractivity contribution in [1.82, 2.24) is 5.32 Å². The molecule has 0 aromatic heterocycles. The summed E-state index contributed by atoms with van der Waals surface area (Å²) in [6.07, 6.45) is 4.03. The highest BCUT2D eigenvalue weighted by atomic mass is 16.4. The van der Waals surface area contributed by atoms with Crippen LogP contribution in [0.1, 0.15) is 33.1 Å². The summed E-state index contributed by atoms with van der Waals surface area (Å²) in [5.74, 6) is 1.05. The van der Waals surface area contributed by atoms with E-state index in [1.807, 2.05) is 0 Å². The zero-order valence-corrected chi connectivity index (χ0v) is 10.9. The van der Waals surface area contributed by atoms with E-state index >= 15 is 0 Å². The number of rotatable bonds is 4. The molecule has 0 aliphatic heterocycles. The highest BCUT2D eigenvalue weighted by Crippen LogP contribution is 2.65. The van der Waals surface area contributed by atoms with Gasteiger partial charge >= 0.3 is 5.97 Å². The van der Waals surface area contributed by atoms with Crippen molar-refractivity contribution in [3.8, 4) is 0 Å². The quantitative estimate of drug-likeness (QED) is 0.795. The van der Waals surface area contributed by atoms with Crippen molar-refractivity contribution in [3.05, 3.63) is 0 Å². The van der Waals surface area contributed by atoms with E-state index in [9.17, 15) is 9.59 Å². The molecule has 6 atom stereocenters. The van der Waals surface area contributed by atoms with E-state index in [1.54, 1.807) is 13.8 Å². The molecule has 18 heavy (non-hydrogen) atoms. The fraction of sp³-hybridized carbons (Fsp3) is 0.857. The van der Waals surface area contributed by atoms with Crippen LogP contribution in [-0.4, -0.2) is 23.0 Å². The van der Waals surface area contributed by atoms with Crippen molar-refractivity contribution in [3.63, 3.8) is 0 Å². The van der Waals surface area contributed by atoms with Crippen LogP contribution >= 0.6 is 0 Å². The fourth-order valence-corrected chi connectivity index (χ4v) is 4.26. The molecule has 0 radical (unpaired) electrons. The van der Waals surface area contributed by atoms with Gasteiger partial charge in [0, 0.05) is 12.0 Å². The Morgan fingerprint density at radius 3 is 2.17 bits per heavy atom. The Morgan fingerprint density at radius 1 is 1.11 bits per heavy atom. The molecule has 2 bridgehead atoms. The van der Waals surface area contributed by atoms with E-state index < -0.39 is 17.8 Å². The molecule has 6 unspecified atom stereocenters. The van der Waals surface area contributed by atoms with Crippen LogP contribution in [-0.2, 0) is 9.59 Å². The molecule has 100 valence electrons. The standard InChI is InChI=1S/C14H21NO3/c1-6(7(2)14(17)18)13(16)15-12-10-8-3-4-9(5-8)11(10)12/h6-12H,3-5H2,1-2H3,(H,15,16)(H,17,18). The maximum Gasteiger partial charge on any atom is 0.307 e. The van der Waals surface area contributed by atoms with Gasteiger partial charge in [0.25, 0.3) is 0 Å². The van der Waals surface area contributed by atoms with Crippen LogP contribution in [0, 0.1) is 35.5 Å². The van der Waals surface area contributed by atoms with Crippen LogP contribution in [0.3, 0.4) is 0 Å². The first kappa shape index (κ1) is 12.0. The highest BCUT2D eigenvalue weighted by Gasteiger charge is 2.65. The van der Waals surface area contributed by atoms with E-state index in [-0.39, 0.29) is 5.91 Å². The summed E-state index contributed by atoms with van der Waals surface area (Å²) in [5, 5.41) is 12.0. The molecule has 4 nitrogen and oxygen atoms in total. The van der Waals surface area contributed by atoms with Gasteiger partial charge in [0.1, 0.15) is 0 Å². The number of carbonyl (C=O) groups is 2. The van der Waals surface area contributed by atoms with E-state index in [4.69, 9.17) is 5.11 Å². The van der Waals surface area contributed by atoms with Crippen LogP contribution in [0.4, 0.5) is 0 Å². The first-order chi connectivity index (χ1) is 8.50. The van der Waals surface area contributed by atoms with E-state index in [0.29, 0.717) is 17.9 Å². The van der Waals surface area contributed by atoms with Gasteiger partial charge in [-0.25, -0.2) is 0 Å². The van der Waals surface area contributed by atoms with Crippen molar-refractivity contribution in [2.24, 2.45) is 35.5 Å². The number of amides is 1. The monoisotopic (exact) mass is 251 g/mol. The van der Waals surface area contributed by atoms with Gasteiger partial charge in [-0.15, -0.1) is 0 Å². The van der Waals surface area contributed by atoms with E-state index in [1.165, 1.54) is 19.3 Å². The minimum absolute atomic E-state index is 0.0799. The number of aliphatic carboxylic acids is 1. The summed E-state index contributed by atoms with van der Waals surface area (Å²) in [7, 11) is 0. The molecule has 0 aromatic rings. The molecule has 3 fully saturated rings. The van der Waals surface area contributed by atoms with Crippen LogP contribution in [0.5, 0.6) is 0 Å². The Labute approximate surface area is 107 Å². The molecule has 0 heterocycles. The summed E-state index contributed by atoms with van der Waals surface area (Å²) in [6, 6.07) is 0.354. The van der Waals surface area contributed by atoms with Crippen molar-refractivity contribution in [2.45, 2.75) is 39.2 Å². The van der Waals surface area contributed by atoms with Crippen molar-refractivity contribution < 1.29 is 14.7 Å². The lowest BCUT2D eigenvalue weighted by molar-refractivity contribution is -0.146. The molecule has 3 aliphatic carbocycles. The Bertz CT molecular complexity index is 379.